The van der Waals surface area contributed by atoms with Crippen molar-refractivity contribution < 1.29 is 9.94 Å². The maximum Gasteiger partial charge on any atom is 0.133 e. The third-order valence-corrected chi connectivity index (χ3v) is 4.01. The molecule has 1 aromatic carbocycles. The SMILES string of the molecule is NOCCc1c(O)c(Br)cc2c1CCCCC2. The van der Waals surface area contributed by atoms with Crippen molar-refractivity contribution in [2.75, 3.05) is 6.61 Å². The Kier molecular flexibility index (Phi) is 4.42. The first kappa shape index (κ1) is 12.9. The van der Waals surface area contributed by atoms with E-state index in [4.69, 9.17) is 5.90 Å². The fraction of sp³-hybridized carbons (Fsp3) is 0.538. The standard InChI is InChI=1S/C13H18BrNO2/c14-12-8-9-4-2-1-3-5-10(9)11(13(12)16)6-7-17-15/h8,16H,1-7,15H2. The molecule has 94 valence electrons. The molecule has 3 nitrogen and oxygen atoms in total. The predicted molar refractivity (Wildman–Crippen MR) is 70.9 cm³/mol. The first-order valence-corrected chi connectivity index (χ1v) is 6.87. The summed E-state index contributed by atoms with van der Waals surface area (Å²) in [6, 6.07) is 2.06. The van der Waals surface area contributed by atoms with Crippen molar-refractivity contribution in [1.29, 1.82) is 0 Å². The molecular weight excluding hydrogens is 282 g/mol. The van der Waals surface area contributed by atoms with E-state index in [1.807, 2.05) is 0 Å². The monoisotopic (exact) mass is 299 g/mol. The van der Waals surface area contributed by atoms with Crippen molar-refractivity contribution in [2.45, 2.75) is 38.5 Å². The summed E-state index contributed by atoms with van der Waals surface area (Å²) in [5, 5.41) is 10.1. The molecule has 4 heteroatoms. The highest BCUT2D eigenvalue weighted by atomic mass is 79.9. The van der Waals surface area contributed by atoms with E-state index in [9.17, 15) is 5.11 Å². The minimum atomic E-state index is 0.350. The Morgan fingerprint density at radius 1 is 1.29 bits per heavy atom. The van der Waals surface area contributed by atoms with Gasteiger partial charge in [-0.2, -0.15) is 0 Å². The maximum absolute atomic E-state index is 10.1. The number of phenols is 1. The molecular formula is C13H18BrNO2. The van der Waals surface area contributed by atoms with Crippen LogP contribution >= 0.6 is 15.9 Å². The molecule has 0 atom stereocenters. The number of nitrogens with two attached hydrogens (primary N) is 1. The van der Waals surface area contributed by atoms with E-state index in [0.29, 0.717) is 18.8 Å². The zero-order valence-corrected chi connectivity index (χ0v) is 11.4. The van der Waals surface area contributed by atoms with E-state index in [2.05, 4.69) is 26.8 Å². The van der Waals surface area contributed by atoms with Crippen molar-refractivity contribution in [3.05, 3.63) is 27.2 Å². The molecule has 0 heterocycles. The van der Waals surface area contributed by atoms with E-state index in [1.54, 1.807) is 0 Å². The van der Waals surface area contributed by atoms with Crippen LogP contribution in [0.25, 0.3) is 0 Å². The molecule has 17 heavy (non-hydrogen) atoms. The summed E-state index contributed by atoms with van der Waals surface area (Å²) in [6.45, 7) is 0.441. The lowest BCUT2D eigenvalue weighted by atomic mass is 9.94. The van der Waals surface area contributed by atoms with Crippen molar-refractivity contribution in [1.82, 2.24) is 0 Å². The fourth-order valence-electron chi connectivity index (χ4n) is 2.55. The number of rotatable bonds is 3. The van der Waals surface area contributed by atoms with E-state index >= 15 is 0 Å². The summed E-state index contributed by atoms with van der Waals surface area (Å²) in [6.07, 6.45) is 6.52. The number of benzene rings is 1. The Hall–Kier alpha value is -0.580. The average molecular weight is 300 g/mol. The van der Waals surface area contributed by atoms with Crippen LogP contribution in [-0.2, 0) is 24.1 Å². The maximum atomic E-state index is 10.1. The average Bonchev–Trinajstić information content (AvgIpc) is 2.55. The molecule has 2 rings (SSSR count). The number of aromatic hydroxyl groups is 1. The largest absolute Gasteiger partial charge is 0.506 e. The number of hydrogen-bond donors (Lipinski definition) is 2. The molecule has 0 aliphatic heterocycles. The van der Waals surface area contributed by atoms with Gasteiger partial charge in [0.1, 0.15) is 5.75 Å². The number of phenolic OH excluding ortho intramolecular Hbond substituents is 1. The fourth-order valence-corrected chi connectivity index (χ4v) is 3.06. The molecule has 1 aliphatic carbocycles. The van der Waals surface area contributed by atoms with Gasteiger partial charge in [-0.1, -0.05) is 6.42 Å². The number of halogens is 1. The molecule has 0 fully saturated rings. The quantitative estimate of drug-likeness (QED) is 0.666. The van der Waals surface area contributed by atoms with Crippen LogP contribution in [0.5, 0.6) is 5.75 Å². The third kappa shape index (κ3) is 2.81. The van der Waals surface area contributed by atoms with Gasteiger partial charge in [-0.3, -0.25) is 0 Å². The molecule has 3 N–H and O–H groups in total. The van der Waals surface area contributed by atoms with E-state index in [-0.39, 0.29) is 0 Å². The van der Waals surface area contributed by atoms with E-state index in [0.717, 1.165) is 22.9 Å². The summed E-state index contributed by atoms with van der Waals surface area (Å²) in [5.74, 6) is 5.43. The molecule has 1 aromatic rings. The molecule has 0 radical (unpaired) electrons. The van der Waals surface area contributed by atoms with Gasteiger partial charge in [-0.05, 0) is 58.8 Å². The smallest absolute Gasteiger partial charge is 0.133 e. The van der Waals surface area contributed by atoms with Gasteiger partial charge in [0.25, 0.3) is 0 Å². The molecule has 1 aliphatic rings. The molecule has 0 unspecified atom stereocenters. The van der Waals surface area contributed by atoms with Gasteiger partial charge in [-0.15, -0.1) is 0 Å². The Balaban J connectivity index is 2.42. The Morgan fingerprint density at radius 3 is 2.82 bits per heavy atom. The minimum Gasteiger partial charge on any atom is -0.506 e. The van der Waals surface area contributed by atoms with Crippen LogP contribution in [-0.4, -0.2) is 11.7 Å². The van der Waals surface area contributed by atoms with Crippen LogP contribution in [0, 0.1) is 0 Å². The second-order valence-electron chi connectivity index (χ2n) is 4.50. The highest BCUT2D eigenvalue weighted by Crippen LogP contribution is 2.36. The molecule has 0 saturated carbocycles. The van der Waals surface area contributed by atoms with Crippen LogP contribution in [0.3, 0.4) is 0 Å². The molecule has 0 saturated heterocycles. The van der Waals surface area contributed by atoms with Crippen molar-refractivity contribution in [3.8, 4) is 5.75 Å². The number of aryl methyl sites for hydroxylation is 1. The summed E-state index contributed by atoms with van der Waals surface area (Å²) in [5.41, 5.74) is 3.67. The van der Waals surface area contributed by atoms with Gasteiger partial charge in [0.2, 0.25) is 0 Å². The van der Waals surface area contributed by atoms with Crippen LogP contribution in [0.4, 0.5) is 0 Å². The van der Waals surface area contributed by atoms with Crippen LogP contribution in [0.2, 0.25) is 0 Å². The molecule has 0 amide bonds. The lowest BCUT2D eigenvalue weighted by Gasteiger charge is -2.15. The molecule has 0 spiro atoms. The van der Waals surface area contributed by atoms with Crippen molar-refractivity contribution in [3.63, 3.8) is 0 Å². The highest BCUT2D eigenvalue weighted by molar-refractivity contribution is 9.10. The van der Waals surface area contributed by atoms with Crippen LogP contribution < -0.4 is 5.90 Å². The first-order chi connectivity index (χ1) is 8.24. The van der Waals surface area contributed by atoms with Gasteiger partial charge in [0, 0.05) is 12.0 Å². The van der Waals surface area contributed by atoms with E-state index < -0.39 is 0 Å². The molecule has 0 bridgehead atoms. The second-order valence-corrected chi connectivity index (χ2v) is 5.36. The third-order valence-electron chi connectivity index (χ3n) is 3.41. The normalized spacial score (nSPS) is 15.4. The Bertz CT molecular complexity index is 407. The van der Waals surface area contributed by atoms with Gasteiger partial charge < -0.3 is 9.94 Å². The zero-order chi connectivity index (χ0) is 12.3. The lowest BCUT2D eigenvalue weighted by molar-refractivity contribution is 0.140. The summed E-state index contributed by atoms with van der Waals surface area (Å²) in [7, 11) is 0. The summed E-state index contributed by atoms with van der Waals surface area (Å²) < 4.78 is 0.783. The topological polar surface area (TPSA) is 55.5 Å². The van der Waals surface area contributed by atoms with Gasteiger partial charge >= 0.3 is 0 Å². The number of fused-ring (bicyclic) bond motifs is 1. The minimum absolute atomic E-state index is 0.350. The van der Waals surface area contributed by atoms with Crippen LogP contribution in [0.15, 0.2) is 10.5 Å². The van der Waals surface area contributed by atoms with E-state index in [1.165, 1.54) is 30.4 Å². The van der Waals surface area contributed by atoms with Gasteiger partial charge in [0.05, 0.1) is 11.1 Å². The summed E-state index contributed by atoms with van der Waals surface area (Å²) >= 11 is 3.42. The molecule has 0 aromatic heterocycles. The highest BCUT2D eigenvalue weighted by Gasteiger charge is 2.17. The van der Waals surface area contributed by atoms with Gasteiger partial charge in [0.15, 0.2) is 0 Å². The first-order valence-electron chi connectivity index (χ1n) is 6.07. The van der Waals surface area contributed by atoms with Crippen molar-refractivity contribution >= 4 is 15.9 Å². The van der Waals surface area contributed by atoms with Gasteiger partial charge in [-0.25, -0.2) is 5.90 Å². The van der Waals surface area contributed by atoms with Crippen molar-refractivity contribution in [2.24, 2.45) is 5.90 Å². The lowest BCUT2D eigenvalue weighted by Crippen LogP contribution is -2.07. The Morgan fingerprint density at radius 2 is 2.06 bits per heavy atom. The summed E-state index contributed by atoms with van der Waals surface area (Å²) in [4.78, 5) is 4.64. The predicted octanol–water partition coefficient (Wildman–Crippen LogP) is 2.86. The Labute approximate surface area is 110 Å². The number of hydrogen-bond acceptors (Lipinski definition) is 3. The van der Waals surface area contributed by atoms with Crippen LogP contribution in [0.1, 0.15) is 36.0 Å². The second kappa shape index (κ2) is 5.85. The zero-order valence-electron chi connectivity index (χ0n) is 9.84.